The van der Waals surface area contributed by atoms with Crippen LogP contribution in [0.3, 0.4) is 0 Å². The summed E-state index contributed by atoms with van der Waals surface area (Å²) < 4.78 is 0. The molecular formula is C24H31N3O. The van der Waals surface area contributed by atoms with Gasteiger partial charge in [0.1, 0.15) is 0 Å². The van der Waals surface area contributed by atoms with Crippen molar-refractivity contribution in [1.82, 2.24) is 4.90 Å². The molecule has 0 N–H and O–H groups in total. The number of amides is 1. The van der Waals surface area contributed by atoms with Crippen molar-refractivity contribution in [2.75, 3.05) is 49.1 Å². The second kappa shape index (κ2) is 8.36. The lowest BCUT2D eigenvalue weighted by Gasteiger charge is -2.26. The Morgan fingerprint density at radius 1 is 1.04 bits per heavy atom. The van der Waals surface area contributed by atoms with Gasteiger partial charge in [-0.05, 0) is 44.1 Å². The van der Waals surface area contributed by atoms with Crippen LogP contribution < -0.4 is 9.80 Å². The second-order valence-electron chi connectivity index (χ2n) is 7.93. The van der Waals surface area contributed by atoms with Crippen molar-refractivity contribution < 1.29 is 4.79 Å². The highest BCUT2D eigenvalue weighted by atomic mass is 16.2. The van der Waals surface area contributed by atoms with E-state index in [0.29, 0.717) is 6.54 Å². The summed E-state index contributed by atoms with van der Waals surface area (Å²) in [5.41, 5.74) is 3.12. The highest BCUT2D eigenvalue weighted by Crippen LogP contribution is 2.41. The van der Waals surface area contributed by atoms with Gasteiger partial charge in [-0.2, -0.15) is 0 Å². The van der Waals surface area contributed by atoms with Crippen molar-refractivity contribution in [3.63, 3.8) is 0 Å². The summed E-state index contributed by atoms with van der Waals surface area (Å²) in [5.74, 6) is 0.0932. The summed E-state index contributed by atoms with van der Waals surface area (Å²) >= 11 is 0. The van der Waals surface area contributed by atoms with Gasteiger partial charge >= 0.3 is 0 Å². The van der Waals surface area contributed by atoms with Crippen molar-refractivity contribution in [1.29, 1.82) is 0 Å². The van der Waals surface area contributed by atoms with E-state index in [2.05, 4.69) is 41.5 Å². The van der Waals surface area contributed by atoms with E-state index in [1.165, 1.54) is 49.8 Å². The Balaban J connectivity index is 1.61. The lowest BCUT2D eigenvalue weighted by molar-refractivity contribution is 0.0996. The number of hydrogen-bond acceptors (Lipinski definition) is 3. The average Bonchev–Trinajstić information content (AvgIpc) is 2.87. The van der Waals surface area contributed by atoms with Gasteiger partial charge in [-0.1, -0.05) is 38.0 Å². The molecule has 4 heteroatoms. The van der Waals surface area contributed by atoms with Crippen LogP contribution >= 0.6 is 0 Å². The lowest BCUT2D eigenvalue weighted by Crippen LogP contribution is -2.31. The maximum atomic E-state index is 12.8. The molecule has 0 aliphatic carbocycles. The molecule has 2 aromatic rings. The van der Waals surface area contributed by atoms with Crippen LogP contribution in [-0.4, -0.2) is 50.1 Å². The minimum Gasteiger partial charge on any atom is -0.370 e. The summed E-state index contributed by atoms with van der Waals surface area (Å²) in [6.45, 7) is 12.3. The van der Waals surface area contributed by atoms with E-state index in [-0.39, 0.29) is 5.91 Å². The molecule has 0 unspecified atom stereocenters. The number of carbonyl (C=O) groups excluding carboxylic acids is 1. The molecule has 0 radical (unpaired) electrons. The van der Waals surface area contributed by atoms with Crippen LogP contribution in [0.15, 0.2) is 43.0 Å². The molecule has 0 spiro atoms. The highest BCUT2D eigenvalue weighted by Gasteiger charge is 2.30. The molecule has 0 aromatic heterocycles. The lowest BCUT2D eigenvalue weighted by atomic mass is 10.0. The number of hydrogen-bond donors (Lipinski definition) is 0. The molecular weight excluding hydrogens is 346 g/mol. The Morgan fingerprint density at radius 3 is 2.71 bits per heavy atom. The van der Waals surface area contributed by atoms with Crippen LogP contribution in [0.5, 0.6) is 0 Å². The second-order valence-corrected chi connectivity index (χ2v) is 7.93. The number of anilines is 2. The molecule has 1 saturated heterocycles. The van der Waals surface area contributed by atoms with Gasteiger partial charge < -0.3 is 14.7 Å². The zero-order valence-electron chi connectivity index (χ0n) is 17.0. The van der Waals surface area contributed by atoms with Gasteiger partial charge in [0, 0.05) is 48.2 Å². The summed E-state index contributed by atoms with van der Waals surface area (Å²) in [7, 11) is 0. The maximum Gasteiger partial charge on any atom is 0.259 e. The van der Waals surface area contributed by atoms with E-state index >= 15 is 0 Å². The topological polar surface area (TPSA) is 26.8 Å². The Kier molecular flexibility index (Phi) is 5.67. The zero-order valence-corrected chi connectivity index (χ0v) is 17.0. The van der Waals surface area contributed by atoms with E-state index in [1.807, 2.05) is 17.0 Å². The predicted molar refractivity (Wildman–Crippen MR) is 119 cm³/mol. The Morgan fingerprint density at radius 2 is 1.89 bits per heavy atom. The largest absolute Gasteiger partial charge is 0.370 e. The van der Waals surface area contributed by atoms with Crippen molar-refractivity contribution in [3.05, 3.63) is 48.6 Å². The molecule has 2 aromatic carbocycles. The molecule has 1 fully saturated rings. The quantitative estimate of drug-likeness (QED) is 0.517. The van der Waals surface area contributed by atoms with Crippen LogP contribution in [0.25, 0.3) is 10.8 Å². The monoisotopic (exact) mass is 377 g/mol. The van der Waals surface area contributed by atoms with E-state index in [1.54, 1.807) is 6.08 Å². The Bertz CT molecular complexity index is 876. The predicted octanol–water partition coefficient (Wildman–Crippen LogP) is 4.69. The third-order valence-corrected chi connectivity index (χ3v) is 6.08. The van der Waals surface area contributed by atoms with E-state index in [4.69, 9.17) is 0 Å². The van der Waals surface area contributed by atoms with E-state index < -0.39 is 0 Å². The third-order valence-electron chi connectivity index (χ3n) is 6.08. The third kappa shape index (κ3) is 3.42. The Labute approximate surface area is 168 Å². The first-order chi connectivity index (χ1) is 13.7. The van der Waals surface area contributed by atoms with E-state index in [9.17, 15) is 4.79 Å². The number of unbranched alkanes of at least 4 members (excludes halogenated alkanes) is 2. The van der Waals surface area contributed by atoms with Crippen LogP contribution in [0.4, 0.5) is 11.4 Å². The highest BCUT2D eigenvalue weighted by molar-refractivity contribution is 6.26. The number of nitrogens with zero attached hydrogens (tertiary/aromatic N) is 3. The van der Waals surface area contributed by atoms with Crippen molar-refractivity contribution >= 4 is 28.1 Å². The van der Waals surface area contributed by atoms with E-state index in [0.717, 1.165) is 36.3 Å². The Hall–Kier alpha value is -2.33. The minimum atomic E-state index is 0.0932. The molecule has 2 heterocycles. The minimum absolute atomic E-state index is 0.0932. The van der Waals surface area contributed by atoms with Gasteiger partial charge in [0.2, 0.25) is 0 Å². The van der Waals surface area contributed by atoms with Crippen LogP contribution in [-0.2, 0) is 0 Å². The summed E-state index contributed by atoms with van der Waals surface area (Å²) in [6.07, 6.45) is 6.90. The number of carbonyl (C=O) groups is 1. The summed E-state index contributed by atoms with van der Waals surface area (Å²) in [4.78, 5) is 19.8. The molecule has 28 heavy (non-hydrogen) atoms. The molecule has 4 nitrogen and oxygen atoms in total. The van der Waals surface area contributed by atoms with Gasteiger partial charge in [0.15, 0.2) is 0 Å². The molecule has 1 amide bonds. The molecule has 0 bridgehead atoms. The van der Waals surface area contributed by atoms with Crippen molar-refractivity contribution in [2.45, 2.75) is 32.6 Å². The number of benzene rings is 2. The SMILES string of the molecule is C=CCN1C(=O)c2cccc3c(N4CCCN(CCCCC)CC4)ccc1c23. The fourth-order valence-corrected chi connectivity index (χ4v) is 4.64. The molecule has 148 valence electrons. The van der Waals surface area contributed by atoms with Crippen LogP contribution in [0.2, 0.25) is 0 Å². The molecule has 4 rings (SSSR count). The van der Waals surface area contributed by atoms with Gasteiger partial charge in [-0.15, -0.1) is 6.58 Å². The maximum absolute atomic E-state index is 12.8. The summed E-state index contributed by atoms with van der Waals surface area (Å²) in [5, 5.41) is 2.31. The fraction of sp³-hybridized carbons (Fsp3) is 0.458. The average molecular weight is 378 g/mol. The van der Waals surface area contributed by atoms with Gasteiger partial charge in [0.25, 0.3) is 5.91 Å². The van der Waals surface area contributed by atoms with Gasteiger partial charge in [0.05, 0.1) is 5.69 Å². The molecule has 0 saturated carbocycles. The standard InChI is InChI=1S/C24H31N3O/c1-3-5-6-14-25-15-8-16-26(18-17-25)21-11-12-22-23-19(21)9-7-10-20(23)24(28)27(22)13-4-2/h4,7,9-12H,2-3,5-6,8,13-18H2,1H3. The first kappa shape index (κ1) is 19.0. The van der Waals surface area contributed by atoms with Gasteiger partial charge in [-0.3, -0.25) is 4.79 Å². The smallest absolute Gasteiger partial charge is 0.259 e. The normalized spacial score (nSPS) is 17.4. The first-order valence-electron chi connectivity index (χ1n) is 10.7. The van der Waals surface area contributed by atoms with Crippen LogP contribution in [0, 0.1) is 0 Å². The van der Waals surface area contributed by atoms with Gasteiger partial charge in [-0.25, -0.2) is 0 Å². The number of rotatable bonds is 7. The van der Waals surface area contributed by atoms with Crippen LogP contribution in [0.1, 0.15) is 43.0 Å². The van der Waals surface area contributed by atoms with Crippen molar-refractivity contribution in [2.24, 2.45) is 0 Å². The summed E-state index contributed by atoms with van der Waals surface area (Å²) in [6, 6.07) is 10.5. The molecule has 2 aliphatic rings. The molecule has 2 aliphatic heterocycles. The zero-order chi connectivity index (χ0) is 19.5. The fourth-order valence-electron chi connectivity index (χ4n) is 4.64. The first-order valence-corrected chi connectivity index (χ1v) is 10.7. The molecule has 0 atom stereocenters. The van der Waals surface area contributed by atoms with Crippen molar-refractivity contribution in [3.8, 4) is 0 Å².